The van der Waals surface area contributed by atoms with Gasteiger partial charge >= 0.3 is 0 Å². The molecule has 3 aromatic rings. The molecule has 0 radical (unpaired) electrons. The van der Waals surface area contributed by atoms with Gasteiger partial charge in [-0.25, -0.2) is 0 Å². The molecule has 0 aliphatic heterocycles. The molecule has 1 N–H and O–H groups in total. The highest BCUT2D eigenvalue weighted by atomic mass is 32.2. The molecule has 122 valence electrons. The van der Waals surface area contributed by atoms with Gasteiger partial charge in [-0.3, -0.25) is 4.55 Å². The van der Waals surface area contributed by atoms with E-state index in [4.69, 9.17) is 14.6 Å². The van der Waals surface area contributed by atoms with Gasteiger partial charge in [0.2, 0.25) is 0 Å². The number of nitriles is 2. The highest BCUT2D eigenvalue weighted by Gasteiger charge is 2.12. The molecule has 0 unspecified atom stereocenters. The summed E-state index contributed by atoms with van der Waals surface area (Å²) < 4.78 is 37.2. The van der Waals surface area contributed by atoms with Crippen LogP contribution in [0.2, 0.25) is 0 Å². The molecule has 0 bridgehead atoms. The Bertz CT molecular complexity index is 1170. The van der Waals surface area contributed by atoms with E-state index in [0.29, 0.717) is 16.5 Å². The first-order valence-corrected chi connectivity index (χ1v) is 8.49. The summed E-state index contributed by atoms with van der Waals surface area (Å²) in [6.07, 6.45) is 0. The molecule has 0 saturated carbocycles. The van der Waals surface area contributed by atoms with Gasteiger partial charge in [-0.2, -0.15) is 18.9 Å². The minimum atomic E-state index is -4.27. The Morgan fingerprint density at radius 2 is 1.64 bits per heavy atom. The largest absolute Gasteiger partial charge is 0.456 e. The second-order valence-corrected chi connectivity index (χ2v) is 6.57. The fraction of sp³-hybridized carbons (Fsp3) is 0. The van der Waals surface area contributed by atoms with Gasteiger partial charge in [-0.1, -0.05) is 18.2 Å². The molecule has 0 amide bonds. The van der Waals surface area contributed by atoms with Crippen LogP contribution < -0.4 is 4.74 Å². The number of fused-ring (bicyclic) bond motifs is 1. The van der Waals surface area contributed by atoms with Gasteiger partial charge in [0.25, 0.3) is 10.1 Å². The number of rotatable bonds is 3. The first-order chi connectivity index (χ1) is 11.9. The van der Waals surface area contributed by atoms with Crippen LogP contribution >= 0.6 is 0 Å². The molecule has 6 nitrogen and oxygen atoms in total. The van der Waals surface area contributed by atoms with Crippen molar-refractivity contribution < 1.29 is 17.7 Å². The Balaban J connectivity index is 2.02. The molecule has 0 aromatic heterocycles. The highest BCUT2D eigenvalue weighted by molar-refractivity contribution is 7.85. The minimum absolute atomic E-state index is 0.145. The number of hydrogen-bond acceptors (Lipinski definition) is 5. The summed E-state index contributed by atoms with van der Waals surface area (Å²) in [5.41, 5.74) is 0.366. The third-order valence-electron chi connectivity index (χ3n) is 3.57. The maximum Gasteiger partial charge on any atom is 0.294 e. The van der Waals surface area contributed by atoms with Crippen LogP contribution in [-0.4, -0.2) is 13.0 Å². The van der Waals surface area contributed by atoms with Gasteiger partial charge in [0.1, 0.15) is 29.2 Å². The first kappa shape index (κ1) is 16.5. The Labute approximate surface area is 143 Å². The third-order valence-corrected chi connectivity index (χ3v) is 4.42. The van der Waals surface area contributed by atoms with Crippen LogP contribution in [0.1, 0.15) is 11.1 Å². The molecule has 0 aliphatic carbocycles. The average molecular weight is 350 g/mol. The van der Waals surface area contributed by atoms with Gasteiger partial charge in [-0.05, 0) is 47.2 Å². The molecular weight excluding hydrogens is 340 g/mol. The van der Waals surface area contributed by atoms with Crippen LogP contribution in [0, 0.1) is 22.7 Å². The minimum Gasteiger partial charge on any atom is -0.456 e. The monoisotopic (exact) mass is 350 g/mol. The van der Waals surface area contributed by atoms with E-state index in [1.165, 1.54) is 18.2 Å². The lowest BCUT2D eigenvalue weighted by molar-refractivity contribution is 0.481. The molecule has 0 saturated heterocycles. The van der Waals surface area contributed by atoms with Crippen molar-refractivity contribution in [3.63, 3.8) is 0 Å². The van der Waals surface area contributed by atoms with Crippen LogP contribution in [0.3, 0.4) is 0 Å². The lowest BCUT2D eigenvalue weighted by Gasteiger charge is -2.09. The van der Waals surface area contributed by atoms with E-state index in [2.05, 4.69) is 0 Å². The normalized spacial score (nSPS) is 10.8. The number of benzene rings is 3. The van der Waals surface area contributed by atoms with Crippen LogP contribution in [0.15, 0.2) is 59.5 Å². The van der Waals surface area contributed by atoms with Crippen LogP contribution in [0.25, 0.3) is 10.8 Å². The van der Waals surface area contributed by atoms with Crippen molar-refractivity contribution in [3.8, 4) is 23.6 Å². The molecular formula is C18H10N2O4S. The summed E-state index contributed by atoms with van der Waals surface area (Å²) in [7, 11) is -4.27. The van der Waals surface area contributed by atoms with Gasteiger partial charge in [0.15, 0.2) is 0 Å². The van der Waals surface area contributed by atoms with Gasteiger partial charge in [-0.15, -0.1) is 0 Å². The lowest BCUT2D eigenvalue weighted by Crippen LogP contribution is -1.97. The fourth-order valence-corrected chi connectivity index (χ4v) is 2.89. The molecule has 0 heterocycles. The van der Waals surface area contributed by atoms with Crippen molar-refractivity contribution in [2.75, 3.05) is 0 Å². The van der Waals surface area contributed by atoms with Crippen LogP contribution in [-0.2, 0) is 10.1 Å². The summed E-state index contributed by atoms with van der Waals surface area (Å²) in [6.45, 7) is 0. The Morgan fingerprint density at radius 3 is 2.32 bits per heavy atom. The Hall–Kier alpha value is -3.39. The van der Waals surface area contributed by atoms with E-state index in [9.17, 15) is 13.7 Å². The van der Waals surface area contributed by atoms with E-state index in [-0.39, 0.29) is 21.8 Å². The molecule has 25 heavy (non-hydrogen) atoms. The average Bonchev–Trinajstić information content (AvgIpc) is 2.60. The topological polar surface area (TPSA) is 111 Å². The van der Waals surface area contributed by atoms with Crippen molar-refractivity contribution in [2.24, 2.45) is 0 Å². The smallest absolute Gasteiger partial charge is 0.294 e. The predicted molar refractivity (Wildman–Crippen MR) is 89.7 cm³/mol. The summed E-state index contributed by atoms with van der Waals surface area (Å²) in [5.74, 6) is 0.689. The zero-order valence-electron chi connectivity index (χ0n) is 12.7. The van der Waals surface area contributed by atoms with E-state index < -0.39 is 10.1 Å². The SMILES string of the molecule is N#Cc1cccc(Oc2ccc3cc(S(=O)(=O)O)ccc3c2)c1C#N. The number of ether oxygens (including phenoxy) is 1. The molecule has 0 atom stereocenters. The lowest BCUT2D eigenvalue weighted by atomic mass is 10.1. The zero-order valence-corrected chi connectivity index (χ0v) is 13.5. The second-order valence-electron chi connectivity index (χ2n) is 5.15. The molecule has 3 aromatic carbocycles. The summed E-state index contributed by atoms with van der Waals surface area (Å²) in [6, 6.07) is 17.7. The van der Waals surface area contributed by atoms with Gasteiger partial charge < -0.3 is 4.74 Å². The summed E-state index contributed by atoms with van der Waals surface area (Å²) >= 11 is 0. The van der Waals surface area contributed by atoms with E-state index in [1.54, 1.807) is 36.4 Å². The van der Waals surface area contributed by atoms with Crippen molar-refractivity contribution >= 4 is 20.9 Å². The maximum absolute atomic E-state index is 11.2. The summed E-state index contributed by atoms with van der Waals surface area (Å²) in [5, 5.41) is 19.6. The zero-order chi connectivity index (χ0) is 18.0. The van der Waals surface area contributed by atoms with E-state index >= 15 is 0 Å². The summed E-state index contributed by atoms with van der Waals surface area (Å²) in [4.78, 5) is -0.192. The fourth-order valence-electron chi connectivity index (χ4n) is 2.38. The molecule has 0 fully saturated rings. The number of nitrogens with zero attached hydrogens (tertiary/aromatic N) is 2. The Kier molecular flexibility index (Phi) is 4.12. The molecule has 0 aliphatic rings. The van der Waals surface area contributed by atoms with E-state index in [0.717, 1.165) is 0 Å². The molecule has 3 rings (SSSR count). The van der Waals surface area contributed by atoms with Crippen molar-refractivity contribution in [1.82, 2.24) is 0 Å². The van der Waals surface area contributed by atoms with Crippen molar-refractivity contribution in [1.29, 1.82) is 10.5 Å². The first-order valence-electron chi connectivity index (χ1n) is 7.05. The van der Waals surface area contributed by atoms with Gasteiger partial charge in [0, 0.05) is 0 Å². The molecule has 0 spiro atoms. The maximum atomic E-state index is 11.2. The predicted octanol–water partition coefficient (Wildman–Crippen LogP) is 3.62. The molecule has 7 heteroatoms. The highest BCUT2D eigenvalue weighted by Crippen LogP contribution is 2.30. The van der Waals surface area contributed by atoms with Crippen LogP contribution in [0.4, 0.5) is 0 Å². The second kappa shape index (κ2) is 6.25. The van der Waals surface area contributed by atoms with Crippen LogP contribution in [0.5, 0.6) is 11.5 Å². The quantitative estimate of drug-likeness (QED) is 0.722. The van der Waals surface area contributed by atoms with Gasteiger partial charge in [0.05, 0.1) is 10.5 Å². The standard InChI is InChI=1S/C18H10N2O4S/c19-10-14-2-1-3-18(17(14)11-20)24-15-6-4-13-9-16(25(21,22)23)7-5-12(13)8-15/h1-9H,(H,21,22,23). The number of hydrogen-bond donors (Lipinski definition) is 1. The van der Waals surface area contributed by atoms with Crippen molar-refractivity contribution in [2.45, 2.75) is 4.90 Å². The Morgan fingerprint density at radius 1 is 0.920 bits per heavy atom. The van der Waals surface area contributed by atoms with E-state index in [1.807, 2.05) is 12.1 Å². The van der Waals surface area contributed by atoms with Crippen molar-refractivity contribution in [3.05, 3.63) is 65.7 Å². The third kappa shape index (κ3) is 3.29.